The molecule has 0 radical (unpaired) electrons. The van der Waals surface area contributed by atoms with Gasteiger partial charge in [0.15, 0.2) is 0 Å². The fourth-order valence-electron chi connectivity index (χ4n) is 2.61. The Kier molecular flexibility index (Phi) is 6.28. The van der Waals surface area contributed by atoms with E-state index >= 15 is 0 Å². The van der Waals surface area contributed by atoms with Crippen molar-refractivity contribution < 1.29 is 9.59 Å². The summed E-state index contributed by atoms with van der Waals surface area (Å²) < 4.78 is 0. The Morgan fingerprint density at radius 3 is 2.63 bits per heavy atom. The number of amides is 2. The summed E-state index contributed by atoms with van der Waals surface area (Å²) in [6.45, 7) is 6.43. The molecule has 0 aromatic carbocycles. The maximum atomic E-state index is 12.2. The molecule has 1 rings (SSSR count). The van der Waals surface area contributed by atoms with Gasteiger partial charge in [-0.3, -0.25) is 9.59 Å². The minimum atomic E-state index is -0.471. The molecule has 0 saturated heterocycles. The van der Waals surface area contributed by atoms with Crippen molar-refractivity contribution in [1.29, 1.82) is 0 Å². The number of hydrogen-bond donors (Lipinski definition) is 3. The van der Waals surface area contributed by atoms with E-state index < -0.39 is 6.04 Å². The molecule has 5 heteroatoms. The summed E-state index contributed by atoms with van der Waals surface area (Å²) in [5.74, 6) is 0.143. The third kappa shape index (κ3) is 4.82. The van der Waals surface area contributed by atoms with E-state index in [9.17, 15) is 9.59 Å². The largest absolute Gasteiger partial charge is 0.354 e. The van der Waals surface area contributed by atoms with Crippen LogP contribution in [0.25, 0.3) is 0 Å². The van der Waals surface area contributed by atoms with Crippen LogP contribution in [-0.4, -0.2) is 30.4 Å². The molecule has 5 nitrogen and oxygen atoms in total. The van der Waals surface area contributed by atoms with Gasteiger partial charge in [0.1, 0.15) is 6.04 Å². The first kappa shape index (κ1) is 16.0. The van der Waals surface area contributed by atoms with Gasteiger partial charge in [0.25, 0.3) is 0 Å². The van der Waals surface area contributed by atoms with Gasteiger partial charge in [0.2, 0.25) is 11.8 Å². The highest BCUT2D eigenvalue weighted by Gasteiger charge is 2.32. The number of carbonyl (C=O) groups excluding carboxylic acids is 2. The lowest BCUT2D eigenvalue weighted by Gasteiger charge is -2.32. The molecule has 110 valence electrons. The van der Waals surface area contributed by atoms with Gasteiger partial charge in [-0.1, -0.05) is 13.8 Å². The van der Waals surface area contributed by atoms with E-state index in [2.05, 4.69) is 17.6 Å². The first-order valence-corrected chi connectivity index (χ1v) is 7.29. The Morgan fingerprint density at radius 1 is 1.37 bits per heavy atom. The van der Waals surface area contributed by atoms with Gasteiger partial charge in [-0.15, -0.1) is 0 Å². The lowest BCUT2D eigenvalue weighted by atomic mass is 9.77. The molecule has 0 aliphatic heterocycles. The lowest BCUT2D eigenvalue weighted by Crippen LogP contribution is -2.49. The fraction of sp³-hybridized carbons (Fsp3) is 0.857. The van der Waals surface area contributed by atoms with Crippen molar-refractivity contribution in [1.82, 2.24) is 10.6 Å². The van der Waals surface area contributed by atoms with Crippen molar-refractivity contribution in [3.8, 4) is 0 Å². The normalized spacial score (nSPS) is 28.5. The average molecular weight is 269 g/mol. The first-order chi connectivity index (χ1) is 8.95. The first-order valence-electron chi connectivity index (χ1n) is 7.29. The molecular formula is C14H27N3O2. The topological polar surface area (TPSA) is 84.2 Å². The molecular weight excluding hydrogens is 242 g/mol. The number of nitrogens with one attached hydrogen (secondary N) is 2. The molecule has 1 fully saturated rings. The molecule has 0 aromatic heterocycles. The van der Waals surface area contributed by atoms with E-state index in [1.807, 2.05) is 6.92 Å². The van der Waals surface area contributed by atoms with Crippen molar-refractivity contribution in [3.05, 3.63) is 0 Å². The van der Waals surface area contributed by atoms with Gasteiger partial charge in [0.05, 0.1) is 0 Å². The van der Waals surface area contributed by atoms with E-state index in [1.54, 1.807) is 6.92 Å². The average Bonchev–Trinajstić information content (AvgIpc) is 2.35. The van der Waals surface area contributed by atoms with Gasteiger partial charge in [-0.05, 0) is 38.5 Å². The second kappa shape index (κ2) is 7.48. The Balaban J connectivity index is 2.43. The van der Waals surface area contributed by atoms with Crippen LogP contribution in [0.2, 0.25) is 0 Å². The zero-order valence-electron chi connectivity index (χ0n) is 12.2. The molecule has 4 atom stereocenters. The van der Waals surface area contributed by atoms with Crippen LogP contribution >= 0.6 is 0 Å². The van der Waals surface area contributed by atoms with Gasteiger partial charge in [-0.2, -0.15) is 0 Å². The highest BCUT2D eigenvalue weighted by molar-refractivity contribution is 5.88. The zero-order valence-corrected chi connectivity index (χ0v) is 12.2. The van der Waals surface area contributed by atoms with Crippen LogP contribution < -0.4 is 16.4 Å². The second-order valence-corrected chi connectivity index (χ2v) is 5.68. The Hall–Kier alpha value is -1.10. The van der Waals surface area contributed by atoms with Crippen molar-refractivity contribution in [2.45, 2.75) is 58.5 Å². The van der Waals surface area contributed by atoms with Crippen LogP contribution in [0.4, 0.5) is 0 Å². The van der Waals surface area contributed by atoms with Gasteiger partial charge >= 0.3 is 0 Å². The molecule has 0 bridgehead atoms. The second-order valence-electron chi connectivity index (χ2n) is 5.68. The third-order valence-electron chi connectivity index (χ3n) is 3.85. The molecule has 19 heavy (non-hydrogen) atoms. The lowest BCUT2D eigenvalue weighted by molar-refractivity contribution is -0.132. The molecule has 2 amide bonds. The van der Waals surface area contributed by atoms with Crippen molar-refractivity contribution in [3.63, 3.8) is 0 Å². The van der Waals surface area contributed by atoms with E-state index in [4.69, 9.17) is 5.73 Å². The minimum absolute atomic E-state index is 0.0128. The van der Waals surface area contributed by atoms with E-state index in [1.165, 1.54) is 0 Å². The fourth-order valence-corrected chi connectivity index (χ4v) is 2.61. The predicted molar refractivity (Wildman–Crippen MR) is 75.4 cm³/mol. The third-order valence-corrected chi connectivity index (χ3v) is 3.85. The zero-order chi connectivity index (χ0) is 14.4. The summed E-state index contributed by atoms with van der Waals surface area (Å²) in [5.41, 5.74) is 5.90. The van der Waals surface area contributed by atoms with E-state index in [0.717, 1.165) is 25.7 Å². The van der Waals surface area contributed by atoms with Crippen molar-refractivity contribution >= 4 is 11.8 Å². The van der Waals surface area contributed by atoms with Gasteiger partial charge in [0, 0.05) is 18.5 Å². The number of hydrogen-bond acceptors (Lipinski definition) is 3. The van der Waals surface area contributed by atoms with Crippen LogP contribution in [0.5, 0.6) is 0 Å². The van der Waals surface area contributed by atoms with Gasteiger partial charge in [-0.25, -0.2) is 0 Å². The molecule has 4 N–H and O–H groups in total. The number of carbonyl (C=O) groups is 2. The van der Waals surface area contributed by atoms with E-state index in [0.29, 0.717) is 6.54 Å². The maximum Gasteiger partial charge on any atom is 0.242 e. The Bertz CT molecular complexity index is 320. The van der Waals surface area contributed by atoms with Gasteiger partial charge < -0.3 is 16.4 Å². The predicted octanol–water partition coefficient (Wildman–Crippen LogP) is 0.781. The smallest absolute Gasteiger partial charge is 0.242 e. The highest BCUT2D eigenvalue weighted by Crippen LogP contribution is 2.29. The Labute approximate surface area is 115 Å². The van der Waals surface area contributed by atoms with Crippen LogP contribution in [0.3, 0.4) is 0 Å². The van der Waals surface area contributed by atoms with Crippen LogP contribution in [0.15, 0.2) is 0 Å². The highest BCUT2D eigenvalue weighted by atomic mass is 16.2. The molecule has 0 heterocycles. The number of rotatable bonds is 5. The van der Waals surface area contributed by atoms with Crippen LogP contribution in [0.1, 0.15) is 46.5 Å². The van der Waals surface area contributed by atoms with Crippen molar-refractivity contribution in [2.75, 3.05) is 6.54 Å². The van der Waals surface area contributed by atoms with E-state index in [-0.39, 0.29) is 29.7 Å². The molecule has 1 saturated carbocycles. The summed E-state index contributed by atoms with van der Waals surface area (Å²) in [6.07, 6.45) is 3.48. The quantitative estimate of drug-likeness (QED) is 0.689. The van der Waals surface area contributed by atoms with Crippen molar-refractivity contribution in [2.24, 2.45) is 17.6 Å². The van der Waals surface area contributed by atoms with Crippen LogP contribution in [-0.2, 0) is 9.59 Å². The summed E-state index contributed by atoms with van der Waals surface area (Å²) in [4.78, 5) is 23.9. The minimum Gasteiger partial charge on any atom is -0.354 e. The number of nitrogens with two attached hydrogens (primary N) is 1. The van der Waals surface area contributed by atoms with Crippen LogP contribution in [0, 0.1) is 11.8 Å². The maximum absolute atomic E-state index is 12.2. The summed E-state index contributed by atoms with van der Waals surface area (Å²) in [6, 6.07) is -0.258. The monoisotopic (exact) mass is 269 g/mol. The summed E-state index contributed by atoms with van der Waals surface area (Å²) >= 11 is 0. The summed E-state index contributed by atoms with van der Waals surface area (Å²) in [5, 5.41) is 5.60. The molecule has 1 aliphatic rings. The molecule has 0 aromatic rings. The summed E-state index contributed by atoms with van der Waals surface area (Å²) in [7, 11) is 0. The molecule has 4 unspecified atom stereocenters. The SMILES string of the molecule is CCCNC(=O)C(C)NC(=O)C1CCC(N)CC1C. The Morgan fingerprint density at radius 2 is 2.05 bits per heavy atom. The molecule has 1 aliphatic carbocycles. The molecule has 0 spiro atoms. The standard InChI is InChI=1S/C14H27N3O2/c1-4-7-16-13(18)10(3)17-14(19)12-6-5-11(15)8-9(12)2/h9-12H,4-8,15H2,1-3H3,(H,16,18)(H,17,19).